The van der Waals surface area contributed by atoms with E-state index in [1.165, 1.54) is 109 Å². The maximum Gasteiger partial charge on any atom is 0.306 e. The van der Waals surface area contributed by atoms with Gasteiger partial charge in [-0.15, -0.1) is 0 Å². The van der Waals surface area contributed by atoms with E-state index in [2.05, 4.69) is 69.4 Å². The predicted octanol–water partition coefficient (Wildman–Crippen LogP) is 15.5. The van der Waals surface area contributed by atoms with E-state index in [0.29, 0.717) is 19.3 Å². The van der Waals surface area contributed by atoms with Crippen molar-refractivity contribution in [1.82, 2.24) is 0 Å². The van der Waals surface area contributed by atoms with E-state index in [4.69, 9.17) is 14.2 Å². The van der Waals surface area contributed by atoms with Crippen LogP contribution in [0.2, 0.25) is 0 Å². The van der Waals surface area contributed by atoms with Crippen molar-refractivity contribution < 1.29 is 28.6 Å². The molecular weight excluding hydrogens is 709 g/mol. The van der Waals surface area contributed by atoms with Crippen molar-refractivity contribution in [2.45, 2.75) is 245 Å². The molecule has 0 spiro atoms. The summed E-state index contributed by atoms with van der Waals surface area (Å²) in [6, 6.07) is 0. The van der Waals surface area contributed by atoms with Crippen LogP contribution in [0.25, 0.3) is 0 Å². The minimum absolute atomic E-state index is 0.0813. The van der Waals surface area contributed by atoms with Crippen LogP contribution in [0.3, 0.4) is 0 Å². The van der Waals surface area contributed by atoms with Crippen LogP contribution < -0.4 is 0 Å². The molecule has 6 nitrogen and oxygen atoms in total. The Morgan fingerprint density at radius 3 is 1.16 bits per heavy atom. The fourth-order valence-electron chi connectivity index (χ4n) is 6.72. The molecule has 0 aliphatic carbocycles. The van der Waals surface area contributed by atoms with E-state index in [1.54, 1.807) is 0 Å². The van der Waals surface area contributed by atoms with E-state index < -0.39 is 6.10 Å². The molecule has 0 bridgehead atoms. The lowest BCUT2D eigenvalue weighted by atomic mass is 10.0. The van der Waals surface area contributed by atoms with Crippen LogP contribution in [0.15, 0.2) is 48.6 Å². The van der Waals surface area contributed by atoms with Gasteiger partial charge in [0.1, 0.15) is 13.2 Å². The summed E-state index contributed by atoms with van der Waals surface area (Å²) in [4.78, 5) is 37.8. The zero-order valence-corrected chi connectivity index (χ0v) is 37.6. The number of carbonyl (C=O) groups is 3. The quantitative estimate of drug-likeness (QED) is 0.0201. The summed E-state index contributed by atoms with van der Waals surface area (Å²) in [7, 11) is 0. The van der Waals surface area contributed by atoms with Crippen molar-refractivity contribution in [2.75, 3.05) is 13.2 Å². The van der Waals surface area contributed by atoms with Gasteiger partial charge in [0.15, 0.2) is 6.10 Å². The Kier molecular flexibility index (Phi) is 43.9. The van der Waals surface area contributed by atoms with Gasteiger partial charge in [0.25, 0.3) is 0 Å². The highest BCUT2D eigenvalue weighted by molar-refractivity contribution is 5.71. The molecule has 0 rings (SSSR count). The SMILES string of the molecule is CC\C=C/C=C\C=C/CCCCCCCCCC(=O)OCC(COC(=O)CCCCCC/C=C\CCCC)OC(=O)CCCCCCCCCCCCCCCC. The summed E-state index contributed by atoms with van der Waals surface area (Å²) >= 11 is 0. The number of ether oxygens (including phenoxy) is 3. The lowest BCUT2D eigenvalue weighted by Gasteiger charge is -2.18. The summed E-state index contributed by atoms with van der Waals surface area (Å²) in [5.74, 6) is -0.902. The smallest absolute Gasteiger partial charge is 0.306 e. The first-order valence-corrected chi connectivity index (χ1v) is 24.2. The monoisotopic (exact) mass is 799 g/mol. The lowest BCUT2D eigenvalue weighted by Crippen LogP contribution is -2.30. The number of esters is 3. The third-order valence-electron chi connectivity index (χ3n) is 10.4. The second-order valence-electron chi connectivity index (χ2n) is 16.1. The van der Waals surface area contributed by atoms with E-state index in [9.17, 15) is 14.4 Å². The van der Waals surface area contributed by atoms with E-state index in [0.717, 1.165) is 89.9 Å². The second kappa shape index (κ2) is 46.1. The topological polar surface area (TPSA) is 78.9 Å². The molecule has 6 heteroatoms. The number of carbonyl (C=O) groups excluding carboxylic acids is 3. The molecule has 1 atom stereocenters. The number of rotatable bonds is 43. The van der Waals surface area contributed by atoms with Gasteiger partial charge in [-0.25, -0.2) is 0 Å². The van der Waals surface area contributed by atoms with Crippen LogP contribution in [0.4, 0.5) is 0 Å². The molecule has 0 radical (unpaired) electrons. The van der Waals surface area contributed by atoms with Crippen molar-refractivity contribution in [1.29, 1.82) is 0 Å². The van der Waals surface area contributed by atoms with E-state index in [-0.39, 0.29) is 31.1 Å². The molecule has 0 aromatic heterocycles. The van der Waals surface area contributed by atoms with Crippen LogP contribution in [0, 0.1) is 0 Å². The zero-order chi connectivity index (χ0) is 41.5. The molecule has 0 N–H and O–H groups in total. The zero-order valence-electron chi connectivity index (χ0n) is 37.6. The Labute approximate surface area is 352 Å². The number of unbranched alkanes of at least 4 members (excludes halogenated alkanes) is 26. The van der Waals surface area contributed by atoms with Crippen molar-refractivity contribution in [2.24, 2.45) is 0 Å². The fourth-order valence-corrected chi connectivity index (χ4v) is 6.72. The fraction of sp³-hybridized carbons (Fsp3) is 0.784. The van der Waals surface area contributed by atoms with E-state index >= 15 is 0 Å². The second-order valence-corrected chi connectivity index (χ2v) is 16.1. The van der Waals surface area contributed by atoms with Crippen LogP contribution in [-0.4, -0.2) is 37.2 Å². The van der Waals surface area contributed by atoms with Gasteiger partial charge in [0, 0.05) is 19.3 Å². The van der Waals surface area contributed by atoms with Crippen LogP contribution in [0.1, 0.15) is 239 Å². The maximum absolute atomic E-state index is 12.7. The Balaban J connectivity index is 4.37. The highest BCUT2D eigenvalue weighted by Gasteiger charge is 2.19. The molecule has 0 heterocycles. The molecule has 0 saturated heterocycles. The summed E-state index contributed by atoms with van der Waals surface area (Å²) in [6.45, 7) is 6.45. The minimum atomic E-state index is -0.777. The van der Waals surface area contributed by atoms with Gasteiger partial charge >= 0.3 is 17.9 Å². The average Bonchev–Trinajstić information content (AvgIpc) is 3.21. The van der Waals surface area contributed by atoms with Crippen molar-refractivity contribution in [3.8, 4) is 0 Å². The standard InChI is InChI=1S/C51H90O6/c1-4-7-10-13-16-19-22-24-26-28-29-32-35-38-41-44-50(53)56-47-48(46-55-49(52)43-40-37-34-31-21-18-15-12-9-6-3)57-51(54)45-42-39-36-33-30-27-25-23-20-17-14-11-8-5-2/h7,10,13,15-16,18-19,22,48H,4-6,8-9,11-12,14,17,20-21,23-47H2,1-3H3/b10-7-,16-13-,18-15-,22-19-. The summed E-state index contributed by atoms with van der Waals surface area (Å²) in [5, 5.41) is 0. The molecule has 0 aliphatic rings. The lowest BCUT2D eigenvalue weighted by molar-refractivity contribution is -0.167. The summed E-state index contributed by atoms with van der Waals surface area (Å²) in [5.41, 5.74) is 0. The Bertz CT molecular complexity index is 1010. The van der Waals surface area contributed by atoms with Gasteiger partial charge in [0.2, 0.25) is 0 Å². The van der Waals surface area contributed by atoms with Crippen LogP contribution in [0.5, 0.6) is 0 Å². The molecule has 330 valence electrons. The molecule has 0 aromatic rings. The van der Waals surface area contributed by atoms with Crippen molar-refractivity contribution in [3.63, 3.8) is 0 Å². The molecule has 0 saturated carbocycles. The highest BCUT2D eigenvalue weighted by Crippen LogP contribution is 2.15. The summed E-state index contributed by atoms with van der Waals surface area (Å²) < 4.78 is 16.7. The third kappa shape index (κ3) is 44.3. The van der Waals surface area contributed by atoms with E-state index in [1.807, 2.05) is 0 Å². The van der Waals surface area contributed by atoms with Gasteiger partial charge in [-0.05, 0) is 57.8 Å². The Morgan fingerprint density at radius 2 is 0.719 bits per heavy atom. The first-order chi connectivity index (χ1) is 28.0. The predicted molar refractivity (Wildman–Crippen MR) is 242 cm³/mol. The molecule has 0 aliphatic heterocycles. The Hall–Kier alpha value is -2.63. The highest BCUT2D eigenvalue weighted by atomic mass is 16.6. The average molecular weight is 799 g/mol. The first kappa shape index (κ1) is 54.4. The molecule has 0 fully saturated rings. The largest absolute Gasteiger partial charge is 0.462 e. The molecular formula is C51H90O6. The number of allylic oxidation sites excluding steroid dienone is 8. The number of hydrogen-bond acceptors (Lipinski definition) is 6. The van der Waals surface area contributed by atoms with Gasteiger partial charge in [-0.3, -0.25) is 14.4 Å². The van der Waals surface area contributed by atoms with Crippen LogP contribution >= 0.6 is 0 Å². The third-order valence-corrected chi connectivity index (χ3v) is 10.4. The molecule has 0 amide bonds. The minimum Gasteiger partial charge on any atom is -0.462 e. The molecule has 0 aromatic carbocycles. The van der Waals surface area contributed by atoms with Gasteiger partial charge in [-0.1, -0.05) is 211 Å². The van der Waals surface area contributed by atoms with Crippen molar-refractivity contribution >= 4 is 17.9 Å². The maximum atomic E-state index is 12.7. The van der Waals surface area contributed by atoms with Crippen LogP contribution in [-0.2, 0) is 28.6 Å². The normalized spacial score (nSPS) is 12.4. The number of hydrogen-bond donors (Lipinski definition) is 0. The van der Waals surface area contributed by atoms with Crippen molar-refractivity contribution in [3.05, 3.63) is 48.6 Å². The Morgan fingerprint density at radius 1 is 0.368 bits per heavy atom. The van der Waals surface area contributed by atoms with Gasteiger partial charge in [-0.2, -0.15) is 0 Å². The first-order valence-electron chi connectivity index (χ1n) is 24.2. The van der Waals surface area contributed by atoms with Gasteiger partial charge < -0.3 is 14.2 Å². The molecule has 1 unspecified atom stereocenters. The summed E-state index contributed by atoms with van der Waals surface area (Å²) in [6.07, 6.45) is 53.8. The molecule has 57 heavy (non-hydrogen) atoms. The van der Waals surface area contributed by atoms with Gasteiger partial charge in [0.05, 0.1) is 0 Å².